The van der Waals surface area contributed by atoms with Crippen molar-refractivity contribution in [3.63, 3.8) is 0 Å². The lowest BCUT2D eigenvalue weighted by atomic mass is 10.0. The molecule has 2 N–H and O–H groups in total. The molecule has 1 atom stereocenters. The second-order valence-corrected chi connectivity index (χ2v) is 6.33. The number of halogens is 1. The van der Waals surface area contributed by atoms with Gasteiger partial charge in [0.2, 0.25) is 5.91 Å². The minimum absolute atomic E-state index is 0.0587. The van der Waals surface area contributed by atoms with Gasteiger partial charge in [0, 0.05) is 36.8 Å². The molecule has 0 spiro atoms. The van der Waals surface area contributed by atoms with E-state index in [0.717, 1.165) is 23.4 Å². The Labute approximate surface area is 128 Å². The maximum atomic E-state index is 12.2. The molecule has 0 aromatic carbocycles. The Morgan fingerprint density at radius 2 is 1.95 bits per heavy atom. The fourth-order valence-corrected chi connectivity index (χ4v) is 2.44. The molecule has 1 aliphatic rings. The summed E-state index contributed by atoms with van der Waals surface area (Å²) in [7, 11) is 0. The number of hydrogen-bond acceptors (Lipinski definition) is 4. The molecule has 0 bridgehead atoms. The lowest BCUT2D eigenvalue weighted by molar-refractivity contribution is -0.133. The summed E-state index contributed by atoms with van der Waals surface area (Å²) in [5.41, 5.74) is 5.93. The summed E-state index contributed by atoms with van der Waals surface area (Å²) in [6.45, 7) is 6.96. The van der Waals surface area contributed by atoms with Crippen molar-refractivity contribution in [2.75, 3.05) is 31.1 Å². The van der Waals surface area contributed by atoms with Crippen LogP contribution >= 0.6 is 15.9 Å². The summed E-state index contributed by atoms with van der Waals surface area (Å²) in [5.74, 6) is 1.19. The summed E-state index contributed by atoms with van der Waals surface area (Å²) >= 11 is 3.38. The first-order valence-corrected chi connectivity index (χ1v) is 7.69. The number of nitrogens with two attached hydrogens (primary N) is 1. The van der Waals surface area contributed by atoms with Crippen molar-refractivity contribution >= 4 is 27.7 Å². The third-order valence-corrected chi connectivity index (χ3v) is 4.10. The molecule has 1 aromatic heterocycles. The summed E-state index contributed by atoms with van der Waals surface area (Å²) in [4.78, 5) is 20.6. The average Bonchev–Trinajstić information content (AvgIpc) is 2.46. The van der Waals surface area contributed by atoms with Crippen LogP contribution in [0.2, 0.25) is 0 Å². The van der Waals surface area contributed by atoms with E-state index in [1.54, 1.807) is 6.20 Å². The van der Waals surface area contributed by atoms with Crippen LogP contribution in [0.3, 0.4) is 0 Å². The third-order valence-electron chi connectivity index (χ3n) is 3.63. The summed E-state index contributed by atoms with van der Waals surface area (Å²) < 4.78 is 0.970. The van der Waals surface area contributed by atoms with E-state index >= 15 is 0 Å². The molecule has 110 valence electrons. The van der Waals surface area contributed by atoms with Gasteiger partial charge in [-0.15, -0.1) is 0 Å². The molecular weight excluding hydrogens is 320 g/mol. The first-order chi connectivity index (χ1) is 9.49. The van der Waals surface area contributed by atoms with E-state index < -0.39 is 6.04 Å². The van der Waals surface area contributed by atoms with Crippen molar-refractivity contribution in [2.45, 2.75) is 19.9 Å². The quantitative estimate of drug-likeness (QED) is 0.905. The third kappa shape index (κ3) is 3.49. The molecule has 1 aromatic rings. The number of hydrogen-bond donors (Lipinski definition) is 1. The Morgan fingerprint density at radius 1 is 1.30 bits per heavy atom. The lowest BCUT2D eigenvalue weighted by Gasteiger charge is -2.37. The van der Waals surface area contributed by atoms with Gasteiger partial charge in [-0.05, 0) is 34.0 Å². The second-order valence-electron chi connectivity index (χ2n) is 5.42. The molecule has 6 heteroatoms. The molecule has 0 saturated carbocycles. The van der Waals surface area contributed by atoms with E-state index in [-0.39, 0.29) is 11.8 Å². The molecule has 1 saturated heterocycles. The van der Waals surface area contributed by atoms with Crippen LogP contribution in [0.1, 0.15) is 13.8 Å². The van der Waals surface area contributed by atoms with Gasteiger partial charge in [-0.1, -0.05) is 13.8 Å². The Kier molecular flexibility index (Phi) is 4.99. The topological polar surface area (TPSA) is 62.5 Å². The highest BCUT2D eigenvalue weighted by atomic mass is 79.9. The Hall–Kier alpha value is -1.14. The number of pyridine rings is 1. The number of amides is 1. The number of aromatic nitrogens is 1. The molecule has 0 aliphatic carbocycles. The second kappa shape index (κ2) is 6.54. The highest BCUT2D eigenvalue weighted by Gasteiger charge is 2.27. The minimum atomic E-state index is -0.396. The zero-order valence-corrected chi connectivity index (χ0v) is 13.5. The smallest absolute Gasteiger partial charge is 0.239 e. The highest BCUT2D eigenvalue weighted by molar-refractivity contribution is 9.10. The van der Waals surface area contributed by atoms with Crippen molar-refractivity contribution in [1.82, 2.24) is 9.88 Å². The molecule has 20 heavy (non-hydrogen) atoms. The Bertz CT molecular complexity index is 455. The summed E-state index contributed by atoms with van der Waals surface area (Å²) in [6, 6.07) is 3.57. The van der Waals surface area contributed by atoms with Gasteiger partial charge in [-0.3, -0.25) is 4.79 Å². The molecule has 1 fully saturated rings. The van der Waals surface area contributed by atoms with Crippen molar-refractivity contribution in [3.05, 3.63) is 22.8 Å². The van der Waals surface area contributed by atoms with E-state index in [0.29, 0.717) is 13.1 Å². The molecular formula is C14H21BrN4O. The first kappa shape index (κ1) is 15.3. The molecule has 0 unspecified atom stereocenters. The van der Waals surface area contributed by atoms with Gasteiger partial charge in [0.15, 0.2) is 0 Å². The number of piperazine rings is 1. The van der Waals surface area contributed by atoms with Gasteiger partial charge in [0.1, 0.15) is 5.82 Å². The van der Waals surface area contributed by atoms with Crippen molar-refractivity contribution in [3.8, 4) is 0 Å². The van der Waals surface area contributed by atoms with Crippen LogP contribution in [0.15, 0.2) is 22.8 Å². The van der Waals surface area contributed by atoms with Crippen LogP contribution in [0.4, 0.5) is 5.82 Å². The van der Waals surface area contributed by atoms with Gasteiger partial charge in [0.25, 0.3) is 0 Å². The Balaban J connectivity index is 1.92. The molecule has 1 aliphatic heterocycles. The van der Waals surface area contributed by atoms with Crippen LogP contribution in [0, 0.1) is 5.92 Å². The van der Waals surface area contributed by atoms with E-state index in [2.05, 4.69) is 25.8 Å². The van der Waals surface area contributed by atoms with E-state index in [1.165, 1.54) is 0 Å². The first-order valence-electron chi connectivity index (χ1n) is 6.90. The van der Waals surface area contributed by atoms with Crippen molar-refractivity contribution in [1.29, 1.82) is 0 Å². The maximum absolute atomic E-state index is 12.2. The van der Waals surface area contributed by atoms with Crippen molar-refractivity contribution in [2.24, 2.45) is 11.7 Å². The van der Waals surface area contributed by atoms with Crippen LogP contribution < -0.4 is 10.6 Å². The van der Waals surface area contributed by atoms with Crippen LogP contribution in [-0.2, 0) is 4.79 Å². The molecule has 5 nitrogen and oxygen atoms in total. The zero-order valence-electron chi connectivity index (χ0n) is 11.9. The Morgan fingerprint density at radius 3 is 2.45 bits per heavy atom. The highest BCUT2D eigenvalue weighted by Crippen LogP contribution is 2.17. The number of nitrogens with zero attached hydrogens (tertiary/aromatic N) is 3. The van der Waals surface area contributed by atoms with Gasteiger partial charge in [0.05, 0.1) is 6.04 Å². The fourth-order valence-electron chi connectivity index (χ4n) is 2.21. The molecule has 1 amide bonds. The maximum Gasteiger partial charge on any atom is 0.239 e. The van der Waals surface area contributed by atoms with Crippen molar-refractivity contribution < 1.29 is 4.79 Å². The van der Waals surface area contributed by atoms with E-state index in [9.17, 15) is 4.79 Å². The predicted octanol–water partition coefficient (Wildman–Crippen LogP) is 1.48. The standard InChI is InChI=1S/C14H21BrN4O/c1-10(2)13(16)14(20)19-7-5-18(6-8-19)12-4-3-11(15)9-17-12/h3-4,9-10,13H,5-8,16H2,1-2H3/t13-/m0/s1. The number of carbonyl (C=O) groups is 1. The SMILES string of the molecule is CC(C)[C@H](N)C(=O)N1CCN(c2ccc(Br)cn2)CC1. The largest absolute Gasteiger partial charge is 0.353 e. The minimum Gasteiger partial charge on any atom is -0.353 e. The lowest BCUT2D eigenvalue weighted by Crippen LogP contribution is -2.54. The average molecular weight is 341 g/mol. The monoisotopic (exact) mass is 340 g/mol. The summed E-state index contributed by atoms with van der Waals surface area (Å²) in [5, 5.41) is 0. The van der Waals surface area contributed by atoms with Gasteiger partial charge in [-0.25, -0.2) is 4.98 Å². The van der Waals surface area contributed by atoms with E-state index in [1.807, 2.05) is 30.9 Å². The molecule has 0 radical (unpaired) electrons. The summed E-state index contributed by atoms with van der Waals surface area (Å²) in [6.07, 6.45) is 1.79. The fraction of sp³-hybridized carbons (Fsp3) is 0.571. The molecule has 2 heterocycles. The zero-order chi connectivity index (χ0) is 14.7. The normalized spacial score (nSPS) is 17.4. The number of carbonyl (C=O) groups excluding carboxylic acids is 1. The van der Waals surface area contributed by atoms with Crippen LogP contribution in [-0.4, -0.2) is 48.0 Å². The van der Waals surface area contributed by atoms with E-state index in [4.69, 9.17) is 5.73 Å². The number of anilines is 1. The van der Waals surface area contributed by atoms with Gasteiger partial charge in [-0.2, -0.15) is 0 Å². The van der Waals surface area contributed by atoms with Gasteiger partial charge >= 0.3 is 0 Å². The predicted molar refractivity (Wildman–Crippen MR) is 83.5 cm³/mol. The van der Waals surface area contributed by atoms with Gasteiger partial charge < -0.3 is 15.5 Å². The molecule has 2 rings (SSSR count). The number of rotatable bonds is 3. The van der Waals surface area contributed by atoms with Crippen LogP contribution in [0.5, 0.6) is 0 Å². The van der Waals surface area contributed by atoms with Crippen LogP contribution in [0.25, 0.3) is 0 Å².